The molecule has 1 saturated heterocycles. The number of carbonyl (C=O) groups excluding carboxylic acids is 3. The molecule has 9 nitrogen and oxygen atoms in total. The van der Waals surface area contributed by atoms with E-state index in [2.05, 4.69) is 20.6 Å². The van der Waals surface area contributed by atoms with Crippen LogP contribution in [-0.2, 0) is 27.8 Å². The second-order valence-electron chi connectivity index (χ2n) is 11.0. The molecule has 1 unspecified atom stereocenters. The number of β-amino-alcohol motifs (C(OH)–C–C–N with tert-alkyl or cyclic N) is 1. The Morgan fingerprint density at radius 3 is 2.72 bits per heavy atom. The summed E-state index contributed by atoms with van der Waals surface area (Å²) in [5, 5.41) is 14.9. The number of rotatable bonds is 5. The van der Waals surface area contributed by atoms with E-state index in [0.29, 0.717) is 27.5 Å². The summed E-state index contributed by atoms with van der Waals surface area (Å²) in [5.74, 6) is -4.84. The number of nitrogens with one attached hydrogen (secondary N) is 2. The van der Waals surface area contributed by atoms with Crippen molar-refractivity contribution < 1.29 is 41.4 Å². The van der Waals surface area contributed by atoms with E-state index in [9.17, 15) is 41.4 Å². The van der Waals surface area contributed by atoms with Crippen LogP contribution in [0.4, 0.5) is 27.8 Å². The highest BCUT2D eigenvalue weighted by Gasteiger charge is 2.52. The van der Waals surface area contributed by atoms with E-state index >= 15 is 0 Å². The zero-order valence-corrected chi connectivity index (χ0v) is 22.3. The molecule has 2 aromatic heterocycles. The van der Waals surface area contributed by atoms with Crippen LogP contribution in [0.15, 0.2) is 48.8 Å². The van der Waals surface area contributed by atoms with Crippen LogP contribution in [0.25, 0.3) is 0 Å². The fourth-order valence-electron chi connectivity index (χ4n) is 6.18. The number of carbonyl (C=O) groups is 3. The lowest BCUT2D eigenvalue weighted by Crippen LogP contribution is -2.57. The summed E-state index contributed by atoms with van der Waals surface area (Å²) in [6, 6.07) is 7.01. The minimum absolute atomic E-state index is 0.0364. The molecule has 0 saturated carbocycles. The minimum Gasteiger partial charge on any atom is -0.382 e. The Balaban J connectivity index is 1.25. The maximum atomic E-state index is 14.7. The zero-order valence-electron chi connectivity index (χ0n) is 22.3. The van der Waals surface area contributed by atoms with Gasteiger partial charge >= 0.3 is 6.18 Å². The van der Waals surface area contributed by atoms with Gasteiger partial charge in [0.2, 0.25) is 11.8 Å². The highest BCUT2D eigenvalue weighted by atomic mass is 19.4. The van der Waals surface area contributed by atoms with Gasteiger partial charge in [-0.25, -0.2) is 13.8 Å². The number of aliphatic hydroxyl groups excluding tert-OH is 1. The molecule has 4 atom stereocenters. The van der Waals surface area contributed by atoms with Crippen LogP contribution in [0.3, 0.4) is 0 Å². The number of alkyl halides is 3. The average molecular weight is 602 g/mol. The van der Waals surface area contributed by atoms with Crippen LogP contribution < -0.4 is 10.6 Å². The van der Waals surface area contributed by atoms with Gasteiger partial charge in [0.05, 0.1) is 17.5 Å². The monoisotopic (exact) mass is 601 g/mol. The molecule has 1 aromatic carbocycles. The standard InChI is InChI=1S/C29H24F5N5O4/c30-19-5-1-3-17(23(19)31)16-8-20(26(42)39(12-16)13-22(40)29(32,33)34)37-25(41)15-7-14-9-28(10-21(14)36-11-15)18-4-2-6-35-24(18)38-27(28)43/h1-7,11,16,20,22,40H,8-10,12-13H2,(H,37,41)(H,35,38,43)/t16-,20+,22+,28?/m1/s1. The van der Waals surface area contributed by atoms with Crippen molar-refractivity contribution in [3.8, 4) is 0 Å². The van der Waals surface area contributed by atoms with Gasteiger partial charge in [-0.2, -0.15) is 13.2 Å². The highest BCUT2D eigenvalue weighted by Crippen LogP contribution is 2.46. The number of aromatic nitrogens is 2. The topological polar surface area (TPSA) is 125 Å². The van der Waals surface area contributed by atoms with Gasteiger partial charge in [0, 0.05) is 42.5 Å². The van der Waals surface area contributed by atoms with Crippen molar-refractivity contribution in [1.82, 2.24) is 20.2 Å². The molecule has 3 aromatic rings. The summed E-state index contributed by atoms with van der Waals surface area (Å²) < 4.78 is 68.0. The van der Waals surface area contributed by atoms with Gasteiger partial charge in [-0.3, -0.25) is 19.4 Å². The number of pyridine rings is 2. The van der Waals surface area contributed by atoms with Gasteiger partial charge in [-0.05, 0) is 42.2 Å². The van der Waals surface area contributed by atoms with E-state index in [0.717, 1.165) is 6.07 Å². The molecule has 1 fully saturated rings. The zero-order chi connectivity index (χ0) is 30.7. The van der Waals surface area contributed by atoms with Crippen LogP contribution in [0.1, 0.15) is 45.1 Å². The van der Waals surface area contributed by atoms with E-state index in [-0.39, 0.29) is 36.3 Å². The number of likely N-dealkylation sites (tertiary alicyclic amines) is 1. The van der Waals surface area contributed by atoms with E-state index in [1.54, 1.807) is 18.3 Å². The van der Waals surface area contributed by atoms with Crippen LogP contribution in [0.2, 0.25) is 0 Å². The number of piperidine rings is 1. The number of benzene rings is 1. The Morgan fingerprint density at radius 2 is 1.95 bits per heavy atom. The minimum atomic E-state index is -5.03. The van der Waals surface area contributed by atoms with Crippen molar-refractivity contribution in [2.45, 2.75) is 48.9 Å². The average Bonchev–Trinajstić information content (AvgIpc) is 3.48. The predicted octanol–water partition coefficient (Wildman–Crippen LogP) is 2.78. The van der Waals surface area contributed by atoms with Gasteiger partial charge in [0.1, 0.15) is 11.9 Å². The van der Waals surface area contributed by atoms with Gasteiger partial charge in [0.15, 0.2) is 17.7 Å². The van der Waals surface area contributed by atoms with Gasteiger partial charge in [0.25, 0.3) is 5.91 Å². The molecule has 1 aliphatic carbocycles. The third kappa shape index (κ3) is 4.98. The first-order valence-corrected chi connectivity index (χ1v) is 13.4. The molecule has 14 heteroatoms. The van der Waals surface area contributed by atoms with Gasteiger partial charge < -0.3 is 20.6 Å². The quantitative estimate of drug-likeness (QED) is 0.387. The van der Waals surface area contributed by atoms with Gasteiger partial charge in [-0.15, -0.1) is 0 Å². The van der Waals surface area contributed by atoms with E-state index in [1.807, 2.05) is 0 Å². The van der Waals surface area contributed by atoms with Crippen LogP contribution in [-0.4, -0.2) is 69.1 Å². The molecule has 6 rings (SSSR count). The molecular formula is C29H24F5N5O4. The number of amides is 3. The van der Waals surface area contributed by atoms with E-state index in [4.69, 9.17) is 0 Å². The molecule has 3 aliphatic rings. The maximum absolute atomic E-state index is 14.7. The van der Waals surface area contributed by atoms with E-state index in [1.165, 1.54) is 24.4 Å². The molecule has 0 bridgehead atoms. The Kier molecular flexibility index (Phi) is 6.91. The highest BCUT2D eigenvalue weighted by molar-refractivity contribution is 6.06. The normalized spacial score (nSPS) is 23.6. The number of aliphatic hydroxyl groups is 1. The summed E-state index contributed by atoms with van der Waals surface area (Å²) in [5.41, 5.74) is 0.876. The predicted molar refractivity (Wildman–Crippen MR) is 140 cm³/mol. The summed E-state index contributed by atoms with van der Waals surface area (Å²) in [6.07, 6.45) is -4.78. The molecule has 3 amide bonds. The summed E-state index contributed by atoms with van der Waals surface area (Å²) in [6.45, 7) is -1.58. The Bertz CT molecular complexity index is 1650. The first-order valence-electron chi connectivity index (χ1n) is 13.4. The number of anilines is 1. The lowest BCUT2D eigenvalue weighted by molar-refractivity contribution is -0.209. The molecule has 1 spiro atoms. The Labute approximate surface area is 241 Å². The van der Waals surface area contributed by atoms with Crippen molar-refractivity contribution in [1.29, 1.82) is 0 Å². The van der Waals surface area contributed by atoms with Crippen LogP contribution in [0.5, 0.6) is 0 Å². The lowest BCUT2D eigenvalue weighted by Gasteiger charge is -2.39. The number of nitrogens with zero attached hydrogens (tertiary/aromatic N) is 3. The fourth-order valence-corrected chi connectivity index (χ4v) is 6.18. The van der Waals surface area contributed by atoms with E-state index < -0.39 is 66.2 Å². The molecule has 0 radical (unpaired) electrons. The summed E-state index contributed by atoms with van der Waals surface area (Å²) >= 11 is 0. The lowest BCUT2D eigenvalue weighted by atomic mass is 9.80. The summed E-state index contributed by atoms with van der Waals surface area (Å²) in [4.78, 5) is 48.7. The van der Waals surface area contributed by atoms with Crippen molar-refractivity contribution in [2.24, 2.45) is 0 Å². The number of fused-ring (bicyclic) bond motifs is 3. The van der Waals surface area contributed by atoms with Crippen molar-refractivity contribution >= 4 is 23.5 Å². The Hall–Kier alpha value is -4.46. The first-order chi connectivity index (χ1) is 20.4. The van der Waals surface area contributed by atoms with Gasteiger partial charge in [-0.1, -0.05) is 18.2 Å². The largest absolute Gasteiger partial charge is 0.416 e. The maximum Gasteiger partial charge on any atom is 0.416 e. The van der Waals surface area contributed by atoms with Crippen molar-refractivity contribution in [2.75, 3.05) is 18.4 Å². The first kappa shape index (κ1) is 28.6. The third-order valence-corrected chi connectivity index (χ3v) is 8.34. The molecule has 2 aliphatic heterocycles. The number of halogens is 5. The fraction of sp³-hybridized carbons (Fsp3) is 0.345. The second-order valence-corrected chi connectivity index (χ2v) is 11.0. The summed E-state index contributed by atoms with van der Waals surface area (Å²) in [7, 11) is 0. The van der Waals surface area contributed by atoms with Crippen LogP contribution >= 0.6 is 0 Å². The SMILES string of the molecule is O=C(N[C@H]1C[C@@H](c2cccc(F)c2F)CN(C[C@H](O)C(F)(F)F)C1=O)c1cnc2c(c1)CC1(C2)C(=O)Nc2ncccc21. The number of hydrogen-bond acceptors (Lipinski definition) is 6. The van der Waals surface area contributed by atoms with Crippen molar-refractivity contribution in [3.63, 3.8) is 0 Å². The molecular weight excluding hydrogens is 577 g/mol. The second kappa shape index (κ2) is 10.4. The molecule has 224 valence electrons. The van der Waals surface area contributed by atoms with Crippen LogP contribution in [0, 0.1) is 11.6 Å². The molecule has 4 heterocycles. The third-order valence-electron chi connectivity index (χ3n) is 8.34. The van der Waals surface area contributed by atoms with Crippen molar-refractivity contribution in [3.05, 3.63) is 88.4 Å². The Morgan fingerprint density at radius 1 is 1.16 bits per heavy atom. The molecule has 43 heavy (non-hydrogen) atoms. The smallest absolute Gasteiger partial charge is 0.382 e. The molecule has 3 N–H and O–H groups in total. The number of hydrogen-bond donors (Lipinski definition) is 3.